The van der Waals surface area contributed by atoms with Crippen molar-refractivity contribution < 1.29 is 13.8 Å². The number of piperidine rings is 1. The Labute approximate surface area is 217 Å². The third-order valence-electron chi connectivity index (χ3n) is 6.82. The molecule has 2 aromatic carbocycles. The molecule has 0 unspecified atom stereocenters. The van der Waals surface area contributed by atoms with Gasteiger partial charge in [-0.3, -0.25) is 9.51 Å². The first-order valence-electron chi connectivity index (χ1n) is 12.0. The molecule has 1 N–H and O–H groups in total. The number of halogens is 2. The fraction of sp³-hybridized carbons (Fsp3) is 0.346. The molecule has 10 heteroatoms. The molecule has 0 amide bonds. The van der Waals surface area contributed by atoms with Crippen molar-refractivity contribution in [2.75, 3.05) is 18.0 Å². The fourth-order valence-electron chi connectivity index (χ4n) is 4.71. The van der Waals surface area contributed by atoms with Crippen molar-refractivity contribution in [1.82, 2.24) is 15.3 Å². The second-order valence-corrected chi connectivity index (χ2v) is 10.0. The summed E-state index contributed by atoms with van der Waals surface area (Å²) in [6.45, 7) is 2.18. The highest BCUT2D eigenvalue weighted by molar-refractivity contribution is 6.39. The van der Waals surface area contributed by atoms with Gasteiger partial charge in [-0.1, -0.05) is 39.6 Å². The molecule has 6 rings (SSSR count). The number of ether oxygens (including phenoxy) is 1. The number of hydrogen-bond acceptors (Lipinski definition) is 7. The zero-order chi connectivity index (χ0) is 24.6. The number of aromatic nitrogens is 3. The van der Waals surface area contributed by atoms with Gasteiger partial charge in [0.2, 0.25) is 0 Å². The summed E-state index contributed by atoms with van der Waals surface area (Å²) in [7, 11) is 0. The van der Waals surface area contributed by atoms with Gasteiger partial charge in [0, 0.05) is 41.4 Å². The van der Waals surface area contributed by atoms with E-state index in [1.54, 1.807) is 0 Å². The lowest BCUT2D eigenvalue weighted by Crippen LogP contribution is -2.37. The van der Waals surface area contributed by atoms with Gasteiger partial charge < -0.3 is 14.2 Å². The summed E-state index contributed by atoms with van der Waals surface area (Å²) in [5, 5.41) is 9.19. The largest absolute Gasteiger partial charge is 0.439 e. The van der Waals surface area contributed by atoms with Gasteiger partial charge >= 0.3 is 5.76 Å². The molecule has 186 valence electrons. The van der Waals surface area contributed by atoms with Crippen LogP contribution in [0.1, 0.15) is 42.9 Å². The van der Waals surface area contributed by atoms with Crippen LogP contribution in [-0.4, -0.2) is 34.5 Å². The summed E-state index contributed by atoms with van der Waals surface area (Å²) in [6, 6.07) is 13.4. The second-order valence-electron chi connectivity index (χ2n) is 9.23. The van der Waals surface area contributed by atoms with Crippen LogP contribution in [0.25, 0.3) is 22.6 Å². The Morgan fingerprint density at radius 2 is 1.69 bits per heavy atom. The first-order valence-corrected chi connectivity index (χ1v) is 12.8. The Bertz CT molecular complexity index is 1400. The average Bonchev–Trinajstić information content (AvgIpc) is 3.51. The van der Waals surface area contributed by atoms with E-state index in [1.807, 2.05) is 42.5 Å². The number of aromatic amines is 1. The number of H-pyrrole nitrogens is 1. The third-order valence-corrected chi connectivity index (χ3v) is 7.45. The molecule has 36 heavy (non-hydrogen) atoms. The van der Waals surface area contributed by atoms with Crippen molar-refractivity contribution in [3.05, 3.63) is 74.4 Å². The Kier molecular flexibility index (Phi) is 6.33. The molecule has 1 aliphatic carbocycles. The lowest BCUT2D eigenvalue weighted by atomic mass is 10.0. The van der Waals surface area contributed by atoms with E-state index in [2.05, 4.69) is 24.7 Å². The van der Waals surface area contributed by atoms with Crippen molar-refractivity contribution in [2.45, 2.75) is 44.3 Å². The van der Waals surface area contributed by atoms with E-state index in [4.69, 9.17) is 32.5 Å². The zero-order valence-electron chi connectivity index (χ0n) is 19.4. The standard InChI is InChI=1S/C26H24Cl2N4O4/c27-20-2-1-3-21(28)22(20)23-19(24(35-30-23)15-4-5-15)14-34-18-10-12-32(13-11-18)17-8-6-16(7-9-17)25-29-26(33)36-31-25/h1-3,6-9,15,18H,4-5,10-14H2,(H,29,31,33). The summed E-state index contributed by atoms with van der Waals surface area (Å²) < 4.78 is 16.7. The number of nitrogens with one attached hydrogen (secondary N) is 1. The molecular formula is C26H24Cl2N4O4. The molecule has 0 radical (unpaired) electrons. The van der Waals surface area contributed by atoms with Crippen LogP contribution in [-0.2, 0) is 11.3 Å². The molecule has 0 bridgehead atoms. The van der Waals surface area contributed by atoms with Crippen molar-refractivity contribution in [2.24, 2.45) is 0 Å². The highest BCUT2D eigenvalue weighted by atomic mass is 35.5. The van der Waals surface area contributed by atoms with E-state index in [1.165, 1.54) is 0 Å². The van der Waals surface area contributed by atoms with Crippen LogP contribution < -0.4 is 10.7 Å². The van der Waals surface area contributed by atoms with E-state index < -0.39 is 5.76 Å². The van der Waals surface area contributed by atoms with Gasteiger partial charge in [0.1, 0.15) is 11.5 Å². The minimum Gasteiger partial charge on any atom is -0.373 e. The molecule has 2 aliphatic rings. The van der Waals surface area contributed by atoms with Gasteiger partial charge in [0.15, 0.2) is 5.82 Å². The molecule has 1 saturated heterocycles. The van der Waals surface area contributed by atoms with E-state index in [0.29, 0.717) is 39.7 Å². The maximum absolute atomic E-state index is 11.2. The van der Waals surface area contributed by atoms with E-state index in [9.17, 15) is 4.79 Å². The molecule has 2 aromatic heterocycles. The molecule has 2 fully saturated rings. The SMILES string of the molecule is O=c1[nH]c(-c2ccc(N3CCC(OCc4c(-c5c(Cl)cccc5Cl)noc4C4CC4)CC3)cc2)no1. The minimum absolute atomic E-state index is 0.136. The van der Waals surface area contributed by atoms with Gasteiger partial charge in [-0.25, -0.2) is 4.79 Å². The number of rotatable bonds is 7. The number of anilines is 1. The number of hydrogen-bond donors (Lipinski definition) is 1. The Hall–Kier alpha value is -3.07. The molecule has 0 spiro atoms. The molecule has 1 aliphatic heterocycles. The Morgan fingerprint density at radius 3 is 2.33 bits per heavy atom. The molecule has 4 aromatic rings. The van der Waals surface area contributed by atoms with Crippen molar-refractivity contribution in [1.29, 1.82) is 0 Å². The van der Waals surface area contributed by atoms with Gasteiger partial charge in [0.25, 0.3) is 0 Å². The number of nitrogens with zero attached hydrogens (tertiary/aromatic N) is 3. The normalized spacial score (nSPS) is 16.6. The van der Waals surface area contributed by atoms with Gasteiger partial charge in [-0.2, -0.15) is 0 Å². The third kappa shape index (κ3) is 4.68. The predicted octanol–water partition coefficient (Wildman–Crippen LogP) is 6.05. The van der Waals surface area contributed by atoms with Crippen LogP contribution in [0.3, 0.4) is 0 Å². The lowest BCUT2D eigenvalue weighted by molar-refractivity contribution is 0.0246. The highest BCUT2D eigenvalue weighted by Gasteiger charge is 2.34. The van der Waals surface area contributed by atoms with Crippen molar-refractivity contribution >= 4 is 28.9 Å². The van der Waals surface area contributed by atoms with E-state index in [-0.39, 0.29) is 6.10 Å². The quantitative estimate of drug-likeness (QED) is 0.312. The fourth-order valence-corrected chi connectivity index (χ4v) is 5.29. The molecule has 3 heterocycles. The summed E-state index contributed by atoms with van der Waals surface area (Å²) in [4.78, 5) is 16.1. The van der Waals surface area contributed by atoms with E-state index in [0.717, 1.165) is 61.3 Å². The molecule has 0 atom stereocenters. The Balaban J connectivity index is 1.11. The monoisotopic (exact) mass is 526 g/mol. The van der Waals surface area contributed by atoms with Gasteiger partial charge in [-0.15, -0.1) is 0 Å². The maximum atomic E-state index is 11.2. The summed E-state index contributed by atoms with van der Waals surface area (Å²) in [5.41, 5.74) is 4.25. The first kappa shape index (κ1) is 23.3. The van der Waals surface area contributed by atoms with E-state index >= 15 is 0 Å². The smallest absolute Gasteiger partial charge is 0.373 e. The summed E-state index contributed by atoms with van der Waals surface area (Å²) in [6.07, 6.45) is 4.15. The van der Waals surface area contributed by atoms with Crippen molar-refractivity contribution in [3.8, 4) is 22.6 Å². The summed E-state index contributed by atoms with van der Waals surface area (Å²) >= 11 is 12.9. The van der Waals surface area contributed by atoms with Crippen LogP contribution in [0.4, 0.5) is 5.69 Å². The maximum Gasteiger partial charge on any atom is 0.439 e. The average molecular weight is 527 g/mol. The van der Waals surface area contributed by atoms with Gasteiger partial charge in [0.05, 0.1) is 22.8 Å². The van der Waals surface area contributed by atoms with Crippen LogP contribution in [0.2, 0.25) is 10.0 Å². The topological polar surface area (TPSA) is 97.4 Å². The van der Waals surface area contributed by atoms with Crippen LogP contribution in [0.15, 0.2) is 56.3 Å². The second kappa shape index (κ2) is 9.76. The van der Waals surface area contributed by atoms with Crippen LogP contribution in [0.5, 0.6) is 0 Å². The molecule has 1 saturated carbocycles. The van der Waals surface area contributed by atoms with Crippen molar-refractivity contribution in [3.63, 3.8) is 0 Å². The highest BCUT2D eigenvalue weighted by Crippen LogP contribution is 2.46. The minimum atomic E-state index is -0.561. The van der Waals surface area contributed by atoms with Gasteiger partial charge in [-0.05, 0) is 62.1 Å². The summed E-state index contributed by atoms with van der Waals surface area (Å²) in [5.74, 6) is 1.15. The Morgan fingerprint density at radius 1 is 0.972 bits per heavy atom. The van der Waals surface area contributed by atoms with Crippen LogP contribution >= 0.6 is 23.2 Å². The molecular weight excluding hydrogens is 503 g/mol. The first-order chi connectivity index (χ1) is 17.6. The lowest BCUT2D eigenvalue weighted by Gasteiger charge is -2.33. The predicted molar refractivity (Wildman–Crippen MR) is 137 cm³/mol. The van der Waals surface area contributed by atoms with Crippen LogP contribution in [0, 0.1) is 0 Å². The zero-order valence-corrected chi connectivity index (χ0v) is 20.9. The molecule has 8 nitrogen and oxygen atoms in total. The number of benzene rings is 2.